The van der Waals surface area contributed by atoms with E-state index in [1.54, 1.807) is 30.5 Å². The molecule has 1 N–H and O–H groups in total. The average Bonchev–Trinajstić information content (AvgIpc) is 3.07. The Hall–Kier alpha value is -2.80. The van der Waals surface area contributed by atoms with E-state index in [4.69, 9.17) is 0 Å². The molecule has 1 atom stereocenters. The summed E-state index contributed by atoms with van der Waals surface area (Å²) in [6.45, 7) is 1.70. The number of hydrogen-bond donors (Lipinski definition) is 1. The predicted molar refractivity (Wildman–Crippen MR) is 89.7 cm³/mol. The number of rotatable bonds is 5. The van der Waals surface area contributed by atoms with Crippen LogP contribution in [0.5, 0.6) is 0 Å². The number of benzene rings is 1. The molecule has 0 aliphatic carbocycles. The highest BCUT2D eigenvalue weighted by molar-refractivity contribution is 7.09. The minimum absolute atomic E-state index is 0.0149. The molecule has 116 valence electrons. The number of nitro groups is 1. The van der Waals surface area contributed by atoms with Gasteiger partial charge in [-0.05, 0) is 18.6 Å². The van der Waals surface area contributed by atoms with Crippen LogP contribution in [0, 0.1) is 17.0 Å². The maximum absolute atomic E-state index is 10.9. The number of thiazole rings is 1. The summed E-state index contributed by atoms with van der Waals surface area (Å²) >= 11 is 1.55. The molecule has 0 aliphatic rings. The highest BCUT2D eigenvalue weighted by Gasteiger charge is 2.18. The maximum atomic E-state index is 10.9. The van der Waals surface area contributed by atoms with E-state index in [0.717, 1.165) is 10.6 Å². The van der Waals surface area contributed by atoms with Crippen LogP contribution in [0.1, 0.15) is 22.2 Å². The van der Waals surface area contributed by atoms with Gasteiger partial charge in [-0.25, -0.2) is 9.97 Å². The van der Waals surface area contributed by atoms with Gasteiger partial charge in [-0.3, -0.25) is 10.1 Å². The van der Waals surface area contributed by atoms with Crippen molar-refractivity contribution in [3.63, 3.8) is 0 Å². The molecule has 2 heterocycles. The van der Waals surface area contributed by atoms with Gasteiger partial charge in [0.1, 0.15) is 23.1 Å². The quantitative estimate of drug-likeness (QED) is 0.567. The third-order valence-corrected chi connectivity index (χ3v) is 4.24. The summed E-state index contributed by atoms with van der Waals surface area (Å²) in [5.41, 5.74) is 1.64. The standard InChI is InChI=1S/C16H14N4O2S/c1-11-9-14(18-10-13(11)20(21)22)19-15(16-17-7-8-23-16)12-5-3-2-4-6-12/h2-10,15H,1H3,(H,18,19). The van der Waals surface area contributed by atoms with E-state index >= 15 is 0 Å². The minimum Gasteiger partial charge on any atom is -0.357 e. The van der Waals surface area contributed by atoms with Crippen LogP contribution in [-0.4, -0.2) is 14.9 Å². The molecular weight excluding hydrogens is 312 g/mol. The van der Waals surface area contributed by atoms with Gasteiger partial charge in [0, 0.05) is 17.1 Å². The van der Waals surface area contributed by atoms with Gasteiger partial charge in [-0.15, -0.1) is 11.3 Å². The van der Waals surface area contributed by atoms with Crippen LogP contribution in [0.2, 0.25) is 0 Å². The van der Waals surface area contributed by atoms with Gasteiger partial charge in [0.05, 0.1) is 4.92 Å². The molecule has 0 aliphatic heterocycles. The lowest BCUT2D eigenvalue weighted by Gasteiger charge is -2.17. The molecule has 3 rings (SSSR count). The zero-order valence-corrected chi connectivity index (χ0v) is 13.2. The van der Waals surface area contributed by atoms with Crippen molar-refractivity contribution in [3.8, 4) is 0 Å². The number of nitrogens with one attached hydrogen (secondary N) is 1. The molecule has 0 saturated heterocycles. The first-order valence-corrected chi connectivity index (χ1v) is 7.85. The summed E-state index contributed by atoms with van der Waals surface area (Å²) in [4.78, 5) is 19.0. The van der Waals surface area contributed by atoms with Gasteiger partial charge < -0.3 is 5.32 Å². The molecular formula is C16H14N4O2S. The van der Waals surface area contributed by atoms with Crippen LogP contribution in [0.25, 0.3) is 0 Å². The SMILES string of the molecule is Cc1cc(NC(c2ccccc2)c2nccs2)ncc1[N+](=O)[O-]. The van der Waals surface area contributed by atoms with Crippen molar-refractivity contribution in [2.24, 2.45) is 0 Å². The summed E-state index contributed by atoms with van der Waals surface area (Å²) in [6.07, 6.45) is 3.04. The molecule has 0 bridgehead atoms. The van der Waals surface area contributed by atoms with Crippen LogP contribution < -0.4 is 5.32 Å². The fourth-order valence-corrected chi connectivity index (χ4v) is 2.99. The lowest BCUT2D eigenvalue weighted by atomic mass is 10.1. The Morgan fingerprint density at radius 1 is 1.26 bits per heavy atom. The third kappa shape index (κ3) is 3.35. The molecule has 0 saturated carbocycles. The zero-order chi connectivity index (χ0) is 16.2. The third-order valence-electron chi connectivity index (χ3n) is 3.40. The Labute approximate surface area is 137 Å². The Kier molecular flexibility index (Phi) is 4.29. The Balaban J connectivity index is 1.93. The van der Waals surface area contributed by atoms with E-state index in [1.807, 2.05) is 35.7 Å². The van der Waals surface area contributed by atoms with E-state index in [2.05, 4.69) is 15.3 Å². The van der Waals surface area contributed by atoms with Crippen molar-refractivity contribution < 1.29 is 4.92 Å². The second-order valence-electron chi connectivity index (χ2n) is 4.97. The van der Waals surface area contributed by atoms with E-state index in [1.165, 1.54) is 6.20 Å². The van der Waals surface area contributed by atoms with E-state index in [9.17, 15) is 10.1 Å². The van der Waals surface area contributed by atoms with Crippen LogP contribution in [0.15, 0.2) is 54.2 Å². The number of aryl methyl sites for hydroxylation is 1. The topological polar surface area (TPSA) is 81.0 Å². The molecule has 2 aromatic heterocycles. The minimum atomic E-state index is -0.429. The molecule has 0 fully saturated rings. The van der Waals surface area contributed by atoms with Crippen molar-refractivity contribution in [2.75, 3.05) is 5.32 Å². The van der Waals surface area contributed by atoms with Gasteiger partial charge in [0.15, 0.2) is 0 Å². The van der Waals surface area contributed by atoms with Crippen LogP contribution >= 0.6 is 11.3 Å². The number of anilines is 1. The molecule has 0 radical (unpaired) electrons. The second kappa shape index (κ2) is 6.53. The van der Waals surface area contributed by atoms with Gasteiger partial charge in [-0.2, -0.15) is 0 Å². The fourth-order valence-electron chi connectivity index (χ4n) is 2.28. The normalized spacial score (nSPS) is 11.9. The predicted octanol–water partition coefficient (Wildman–Crippen LogP) is 3.96. The van der Waals surface area contributed by atoms with Crippen molar-refractivity contribution in [2.45, 2.75) is 13.0 Å². The monoisotopic (exact) mass is 326 g/mol. The van der Waals surface area contributed by atoms with Crippen LogP contribution in [-0.2, 0) is 0 Å². The highest BCUT2D eigenvalue weighted by atomic mass is 32.1. The zero-order valence-electron chi connectivity index (χ0n) is 12.3. The molecule has 3 aromatic rings. The smallest absolute Gasteiger partial charge is 0.290 e. The number of nitrogens with zero attached hydrogens (tertiary/aromatic N) is 3. The number of pyridine rings is 1. The maximum Gasteiger partial charge on any atom is 0.290 e. The highest BCUT2D eigenvalue weighted by Crippen LogP contribution is 2.28. The second-order valence-corrected chi connectivity index (χ2v) is 5.90. The van der Waals surface area contributed by atoms with Crippen molar-refractivity contribution in [1.82, 2.24) is 9.97 Å². The Bertz CT molecular complexity index is 806. The van der Waals surface area contributed by atoms with Crippen LogP contribution in [0.4, 0.5) is 11.5 Å². The first-order chi connectivity index (χ1) is 11.1. The molecule has 6 nitrogen and oxygen atoms in total. The molecule has 1 unspecified atom stereocenters. The van der Waals surface area contributed by atoms with Crippen molar-refractivity contribution >= 4 is 22.8 Å². The summed E-state index contributed by atoms with van der Waals surface area (Å²) < 4.78 is 0. The van der Waals surface area contributed by atoms with Gasteiger partial charge in [0.25, 0.3) is 5.69 Å². The Morgan fingerprint density at radius 2 is 2.04 bits per heavy atom. The number of aromatic nitrogens is 2. The largest absolute Gasteiger partial charge is 0.357 e. The van der Waals surface area contributed by atoms with Gasteiger partial charge >= 0.3 is 0 Å². The van der Waals surface area contributed by atoms with E-state index < -0.39 is 4.92 Å². The first-order valence-electron chi connectivity index (χ1n) is 6.97. The molecule has 0 spiro atoms. The summed E-state index contributed by atoms with van der Waals surface area (Å²) in [6, 6.07) is 11.4. The van der Waals surface area contributed by atoms with Gasteiger partial charge in [-0.1, -0.05) is 30.3 Å². The lowest BCUT2D eigenvalue weighted by molar-refractivity contribution is -0.385. The van der Waals surface area contributed by atoms with Crippen LogP contribution in [0.3, 0.4) is 0 Å². The molecule has 23 heavy (non-hydrogen) atoms. The summed E-state index contributed by atoms with van der Waals surface area (Å²) in [7, 11) is 0. The van der Waals surface area contributed by atoms with E-state index in [0.29, 0.717) is 11.4 Å². The molecule has 7 heteroatoms. The average molecular weight is 326 g/mol. The van der Waals surface area contributed by atoms with Gasteiger partial charge in [0.2, 0.25) is 0 Å². The van der Waals surface area contributed by atoms with E-state index in [-0.39, 0.29) is 11.7 Å². The fraction of sp³-hybridized carbons (Fsp3) is 0.125. The number of hydrogen-bond acceptors (Lipinski definition) is 6. The van der Waals surface area contributed by atoms with Crippen molar-refractivity contribution in [1.29, 1.82) is 0 Å². The molecule has 0 amide bonds. The summed E-state index contributed by atoms with van der Waals surface area (Å²) in [5, 5.41) is 17.0. The first kappa shape index (κ1) is 15.1. The summed E-state index contributed by atoms with van der Waals surface area (Å²) in [5.74, 6) is 0.581. The van der Waals surface area contributed by atoms with Crippen molar-refractivity contribution in [3.05, 3.63) is 80.4 Å². The molecule has 1 aromatic carbocycles. The Morgan fingerprint density at radius 3 is 2.65 bits per heavy atom. The lowest BCUT2D eigenvalue weighted by Crippen LogP contribution is -2.13.